The molecule has 0 spiro atoms. The van der Waals surface area contributed by atoms with Gasteiger partial charge >= 0.3 is 5.97 Å². The van der Waals surface area contributed by atoms with Crippen molar-refractivity contribution in [3.8, 4) is 0 Å². The Bertz CT molecular complexity index is 1060. The molecule has 0 unspecified atom stereocenters. The van der Waals surface area contributed by atoms with Crippen LogP contribution in [-0.4, -0.2) is 45.5 Å². The highest BCUT2D eigenvalue weighted by atomic mass is 16.5. The second-order valence-corrected chi connectivity index (χ2v) is 7.58. The van der Waals surface area contributed by atoms with Gasteiger partial charge in [0.05, 0.1) is 29.9 Å². The molecule has 156 valence electrons. The highest BCUT2D eigenvalue weighted by Crippen LogP contribution is 2.33. The molecule has 3 aromatic rings. The van der Waals surface area contributed by atoms with Gasteiger partial charge in [-0.05, 0) is 55.9 Å². The molecule has 1 aromatic carbocycles. The van der Waals surface area contributed by atoms with Crippen molar-refractivity contribution in [2.45, 2.75) is 31.7 Å². The van der Waals surface area contributed by atoms with Gasteiger partial charge in [0.15, 0.2) is 0 Å². The second-order valence-electron chi connectivity index (χ2n) is 7.58. The van der Waals surface area contributed by atoms with E-state index in [-0.39, 0.29) is 23.9 Å². The van der Waals surface area contributed by atoms with E-state index in [0.29, 0.717) is 17.1 Å². The third-order valence-corrected chi connectivity index (χ3v) is 5.66. The Hall–Kier alpha value is -3.26. The number of aromatic nitrogens is 3. The van der Waals surface area contributed by atoms with Gasteiger partial charge in [-0.15, -0.1) is 0 Å². The summed E-state index contributed by atoms with van der Waals surface area (Å²) >= 11 is 0. The largest absolute Gasteiger partial charge is 0.465 e. The molecule has 4 rings (SSSR count). The Balaban J connectivity index is 1.65. The van der Waals surface area contributed by atoms with Crippen molar-refractivity contribution in [3.05, 3.63) is 54.0 Å². The molecule has 2 aromatic heterocycles. The van der Waals surface area contributed by atoms with Crippen molar-refractivity contribution in [2.75, 3.05) is 19.0 Å². The van der Waals surface area contributed by atoms with Gasteiger partial charge in [-0.1, -0.05) is 6.07 Å². The van der Waals surface area contributed by atoms with Crippen molar-refractivity contribution < 1.29 is 19.4 Å². The van der Waals surface area contributed by atoms with Crippen LogP contribution in [0, 0.1) is 5.92 Å². The molecule has 0 bridgehead atoms. The molecule has 1 aliphatic rings. The van der Waals surface area contributed by atoms with E-state index in [2.05, 4.69) is 15.4 Å². The Kier molecular flexibility index (Phi) is 5.76. The monoisotopic (exact) mass is 408 g/mol. The maximum Gasteiger partial charge on any atom is 0.340 e. The van der Waals surface area contributed by atoms with Crippen LogP contribution in [0.15, 0.2) is 42.7 Å². The summed E-state index contributed by atoms with van der Waals surface area (Å²) in [5, 5.41) is 17.6. The molecule has 2 heterocycles. The van der Waals surface area contributed by atoms with Crippen molar-refractivity contribution >= 4 is 28.5 Å². The van der Waals surface area contributed by atoms with Crippen molar-refractivity contribution in [1.82, 2.24) is 14.8 Å². The third kappa shape index (κ3) is 4.04. The van der Waals surface area contributed by atoms with E-state index in [1.807, 2.05) is 10.9 Å². The van der Waals surface area contributed by atoms with Gasteiger partial charge in [0, 0.05) is 24.4 Å². The predicted molar refractivity (Wildman–Crippen MR) is 111 cm³/mol. The number of anilines is 1. The van der Waals surface area contributed by atoms with Gasteiger partial charge in [0.2, 0.25) is 0 Å². The first kappa shape index (κ1) is 20.0. The first-order valence-electron chi connectivity index (χ1n) is 10.0. The van der Waals surface area contributed by atoms with Crippen molar-refractivity contribution in [3.63, 3.8) is 0 Å². The molecule has 0 saturated heterocycles. The molecular formula is C22H24N4O4. The topological polar surface area (TPSA) is 106 Å². The molecule has 8 nitrogen and oxygen atoms in total. The lowest BCUT2D eigenvalue weighted by molar-refractivity contribution is 0.0602. The number of nitrogens with zero attached hydrogens (tertiary/aromatic N) is 3. The van der Waals surface area contributed by atoms with Gasteiger partial charge in [-0.3, -0.25) is 14.5 Å². The number of esters is 1. The highest BCUT2D eigenvalue weighted by Gasteiger charge is 2.24. The highest BCUT2D eigenvalue weighted by molar-refractivity contribution is 6.09. The van der Waals surface area contributed by atoms with E-state index in [4.69, 9.17) is 4.74 Å². The number of amides is 1. The van der Waals surface area contributed by atoms with E-state index >= 15 is 0 Å². The molecule has 30 heavy (non-hydrogen) atoms. The van der Waals surface area contributed by atoms with Gasteiger partial charge < -0.3 is 15.2 Å². The summed E-state index contributed by atoms with van der Waals surface area (Å²) in [6.07, 6.45) is 7.32. The summed E-state index contributed by atoms with van der Waals surface area (Å²) < 4.78 is 6.83. The summed E-state index contributed by atoms with van der Waals surface area (Å²) in [6, 6.07) is 8.70. The third-order valence-electron chi connectivity index (χ3n) is 5.66. The van der Waals surface area contributed by atoms with E-state index in [0.717, 1.165) is 31.1 Å². The van der Waals surface area contributed by atoms with Crippen LogP contribution in [0.5, 0.6) is 0 Å². The average Bonchev–Trinajstić information content (AvgIpc) is 3.21. The molecule has 2 N–H and O–H groups in total. The number of fused-ring (bicyclic) bond motifs is 1. The van der Waals surface area contributed by atoms with Gasteiger partial charge in [-0.2, -0.15) is 5.10 Å². The fourth-order valence-electron chi connectivity index (χ4n) is 3.94. The van der Waals surface area contributed by atoms with Crippen LogP contribution in [0.25, 0.3) is 10.9 Å². The van der Waals surface area contributed by atoms with Crippen LogP contribution in [0.2, 0.25) is 0 Å². The summed E-state index contributed by atoms with van der Waals surface area (Å²) in [4.78, 5) is 28.9. The number of nitrogens with one attached hydrogen (secondary N) is 1. The minimum absolute atomic E-state index is 0.232. The maximum absolute atomic E-state index is 12.6. The molecule has 0 radical (unpaired) electrons. The van der Waals surface area contributed by atoms with Crippen LogP contribution in [0.4, 0.5) is 5.69 Å². The zero-order valence-electron chi connectivity index (χ0n) is 16.7. The number of rotatable bonds is 5. The molecule has 0 atom stereocenters. The van der Waals surface area contributed by atoms with Crippen LogP contribution < -0.4 is 5.32 Å². The summed E-state index contributed by atoms with van der Waals surface area (Å²) in [5.41, 5.74) is 1.51. The number of carbonyl (C=O) groups is 2. The van der Waals surface area contributed by atoms with Crippen LogP contribution in [0.1, 0.15) is 52.6 Å². The second kappa shape index (κ2) is 8.62. The molecule has 1 aliphatic carbocycles. The van der Waals surface area contributed by atoms with E-state index in [1.54, 1.807) is 30.3 Å². The molecule has 0 aliphatic heterocycles. The first-order chi connectivity index (χ1) is 14.6. The summed E-state index contributed by atoms with van der Waals surface area (Å²) in [7, 11) is 1.30. The Morgan fingerprint density at radius 1 is 1.23 bits per heavy atom. The lowest BCUT2D eigenvalue weighted by Crippen LogP contribution is -2.20. The molecular weight excluding hydrogens is 384 g/mol. The van der Waals surface area contributed by atoms with Crippen LogP contribution >= 0.6 is 0 Å². The smallest absolute Gasteiger partial charge is 0.340 e. The average molecular weight is 408 g/mol. The molecule has 1 fully saturated rings. The van der Waals surface area contributed by atoms with Crippen LogP contribution in [0.3, 0.4) is 0 Å². The fourth-order valence-corrected chi connectivity index (χ4v) is 3.94. The Labute approximate surface area is 173 Å². The number of pyridine rings is 1. The number of methoxy groups -OCH3 is 1. The van der Waals surface area contributed by atoms with Crippen molar-refractivity contribution in [1.29, 1.82) is 0 Å². The number of aliphatic hydroxyl groups is 1. The first-order valence-corrected chi connectivity index (χ1v) is 10.0. The SMILES string of the molecule is COC(=O)c1cc2nn(C3CCC(CO)CC3)cc2cc1NC(=O)c1ccccn1. The predicted octanol–water partition coefficient (Wildman–Crippen LogP) is 3.19. The Morgan fingerprint density at radius 2 is 2.03 bits per heavy atom. The van der Waals surface area contributed by atoms with Gasteiger partial charge in [-0.25, -0.2) is 4.79 Å². The minimum Gasteiger partial charge on any atom is -0.465 e. The number of ether oxygens (including phenoxy) is 1. The Morgan fingerprint density at radius 3 is 2.70 bits per heavy atom. The van der Waals surface area contributed by atoms with Gasteiger partial charge in [0.1, 0.15) is 5.69 Å². The fraction of sp³-hybridized carbons (Fsp3) is 0.364. The maximum atomic E-state index is 12.6. The standard InChI is InChI=1S/C22H24N4O4/c1-30-22(29)17-11-19-15(10-20(17)24-21(28)18-4-2-3-9-23-18)12-26(25-19)16-7-5-14(13-27)6-8-16/h2-4,9-12,14,16,27H,5-8,13H2,1H3,(H,24,28). The summed E-state index contributed by atoms with van der Waals surface area (Å²) in [5.74, 6) is -0.591. The number of hydrogen-bond acceptors (Lipinski definition) is 6. The molecule has 8 heteroatoms. The van der Waals surface area contributed by atoms with E-state index in [1.165, 1.54) is 13.3 Å². The van der Waals surface area contributed by atoms with Crippen molar-refractivity contribution in [2.24, 2.45) is 5.92 Å². The number of carbonyl (C=O) groups excluding carboxylic acids is 2. The number of hydrogen-bond donors (Lipinski definition) is 2. The van der Waals surface area contributed by atoms with E-state index in [9.17, 15) is 14.7 Å². The number of benzene rings is 1. The normalized spacial score (nSPS) is 18.9. The number of aliphatic hydroxyl groups excluding tert-OH is 1. The van der Waals surface area contributed by atoms with Crippen LogP contribution in [-0.2, 0) is 4.74 Å². The quantitative estimate of drug-likeness (QED) is 0.628. The summed E-state index contributed by atoms with van der Waals surface area (Å²) in [6.45, 7) is 0.232. The lowest BCUT2D eigenvalue weighted by atomic mass is 9.87. The zero-order chi connectivity index (χ0) is 21.1. The van der Waals surface area contributed by atoms with Gasteiger partial charge in [0.25, 0.3) is 5.91 Å². The lowest BCUT2D eigenvalue weighted by Gasteiger charge is -2.27. The van der Waals surface area contributed by atoms with E-state index < -0.39 is 11.9 Å². The molecule has 1 saturated carbocycles. The minimum atomic E-state index is -0.550. The zero-order valence-corrected chi connectivity index (χ0v) is 16.7. The molecule has 1 amide bonds.